The number of rotatable bonds is 6. The molecule has 21 heavy (non-hydrogen) atoms. The van der Waals surface area contributed by atoms with Crippen molar-refractivity contribution in [2.75, 3.05) is 0 Å². The first-order valence-electron chi connectivity index (χ1n) is 6.98. The van der Waals surface area contributed by atoms with Crippen LogP contribution in [0.15, 0.2) is 42.5 Å². The number of aliphatic hydroxyl groups is 1. The summed E-state index contributed by atoms with van der Waals surface area (Å²) in [6.45, 7) is 4.80. The van der Waals surface area contributed by atoms with E-state index in [0.29, 0.717) is 23.4 Å². The molecular weight excluding hydrogens is 286 g/mol. The Hall–Kier alpha value is -1.55. The number of para-hydroxylation sites is 1. The van der Waals surface area contributed by atoms with E-state index >= 15 is 0 Å². The Morgan fingerprint density at radius 3 is 2.52 bits per heavy atom. The van der Waals surface area contributed by atoms with Gasteiger partial charge in [-0.1, -0.05) is 43.6 Å². The highest BCUT2D eigenvalue weighted by atomic mass is 35.5. The standard InChI is InChI=1S/C17H20ClNO2/c1-12(2)19-10-14-9-15(18)7-8-17(14)21-16-6-4-3-5-13(16)11-20/h3-9,12,19-20H,10-11H2,1-2H3. The van der Waals surface area contributed by atoms with E-state index in [2.05, 4.69) is 19.2 Å². The van der Waals surface area contributed by atoms with Crippen molar-refractivity contribution in [2.45, 2.75) is 33.0 Å². The van der Waals surface area contributed by atoms with Crippen LogP contribution in [0.25, 0.3) is 0 Å². The smallest absolute Gasteiger partial charge is 0.132 e. The highest BCUT2D eigenvalue weighted by molar-refractivity contribution is 6.30. The Kier molecular flexibility index (Phi) is 5.62. The number of nitrogens with one attached hydrogen (secondary N) is 1. The first kappa shape index (κ1) is 15.8. The molecule has 0 aliphatic carbocycles. The maximum absolute atomic E-state index is 9.37. The molecule has 0 aliphatic heterocycles. The summed E-state index contributed by atoms with van der Waals surface area (Å²) in [4.78, 5) is 0. The van der Waals surface area contributed by atoms with E-state index in [1.54, 1.807) is 6.07 Å². The van der Waals surface area contributed by atoms with Crippen molar-refractivity contribution in [2.24, 2.45) is 0 Å². The number of ether oxygens (including phenoxy) is 1. The summed E-state index contributed by atoms with van der Waals surface area (Å²) in [6, 6.07) is 13.4. The van der Waals surface area contributed by atoms with Crippen molar-refractivity contribution in [1.29, 1.82) is 0 Å². The molecule has 0 unspecified atom stereocenters. The number of halogens is 1. The van der Waals surface area contributed by atoms with Gasteiger partial charge in [0.15, 0.2) is 0 Å². The molecule has 0 saturated heterocycles. The summed E-state index contributed by atoms with van der Waals surface area (Å²) in [7, 11) is 0. The van der Waals surface area contributed by atoms with Gasteiger partial charge >= 0.3 is 0 Å². The molecule has 0 atom stereocenters. The van der Waals surface area contributed by atoms with Gasteiger partial charge in [0.1, 0.15) is 11.5 Å². The van der Waals surface area contributed by atoms with E-state index in [1.807, 2.05) is 36.4 Å². The second kappa shape index (κ2) is 7.46. The molecule has 2 aromatic rings. The van der Waals surface area contributed by atoms with Gasteiger partial charge in [-0.15, -0.1) is 0 Å². The summed E-state index contributed by atoms with van der Waals surface area (Å²) < 4.78 is 5.96. The summed E-state index contributed by atoms with van der Waals surface area (Å²) >= 11 is 6.07. The van der Waals surface area contributed by atoms with Crippen LogP contribution in [0.4, 0.5) is 0 Å². The molecule has 2 rings (SSSR count). The van der Waals surface area contributed by atoms with E-state index in [-0.39, 0.29) is 6.61 Å². The molecule has 0 fully saturated rings. The maximum atomic E-state index is 9.37. The Labute approximate surface area is 130 Å². The molecule has 0 heterocycles. The molecule has 0 amide bonds. The molecule has 0 radical (unpaired) electrons. The second-order valence-corrected chi connectivity index (χ2v) is 5.59. The third-order valence-electron chi connectivity index (χ3n) is 3.09. The molecule has 4 heteroatoms. The minimum absolute atomic E-state index is 0.0522. The van der Waals surface area contributed by atoms with Crippen LogP contribution in [0.1, 0.15) is 25.0 Å². The average molecular weight is 306 g/mol. The lowest BCUT2D eigenvalue weighted by Crippen LogP contribution is -2.22. The fraction of sp³-hybridized carbons (Fsp3) is 0.294. The van der Waals surface area contributed by atoms with E-state index in [0.717, 1.165) is 16.9 Å². The number of benzene rings is 2. The molecule has 2 aromatic carbocycles. The quantitative estimate of drug-likeness (QED) is 0.843. The normalized spacial score (nSPS) is 10.9. The minimum Gasteiger partial charge on any atom is -0.457 e. The molecule has 112 valence electrons. The van der Waals surface area contributed by atoms with Gasteiger partial charge in [0.05, 0.1) is 6.61 Å². The Balaban J connectivity index is 2.26. The molecular formula is C17H20ClNO2. The lowest BCUT2D eigenvalue weighted by atomic mass is 10.1. The van der Waals surface area contributed by atoms with Gasteiger partial charge in [0.2, 0.25) is 0 Å². The maximum Gasteiger partial charge on any atom is 0.132 e. The Morgan fingerprint density at radius 1 is 1.10 bits per heavy atom. The fourth-order valence-corrected chi connectivity index (χ4v) is 2.15. The van der Waals surface area contributed by atoms with Crippen molar-refractivity contribution >= 4 is 11.6 Å². The van der Waals surface area contributed by atoms with Gasteiger partial charge in [-0.25, -0.2) is 0 Å². The molecule has 0 bridgehead atoms. The lowest BCUT2D eigenvalue weighted by Gasteiger charge is -2.15. The third-order valence-corrected chi connectivity index (χ3v) is 3.32. The van der Waals surface area contributed by atoms with Gasteiger partial charge in [-0.05, 0) is 24.3 Å². The fourth-order valence-electron chi connectivity index (χ4n) is 1.95. The predicted molar refractivity (Wildman–Crippen MR) is 85.9 cm³/mol. The van der Waals surface area contributed by atoms with E-state index < -0.39 is 0 Å². The van der Waals surface area contributed by atoms with E-state index in [9.17, 15) is 5.11 Å². The molecule has 0 aromatic heterocycles. The largest absolute Gasteiger partial charge is 0.457 e. The summed E-state index contributed by atoms with van der Waals surface area (Å²) in [5.74, 6) is 1.40. The van der Waals surface area contributed by atoms with Gasteiger partial charge in [0, 0.05) is 28.7 Å². The molecule has 3 nitrogen and oxygen atoms in total. The summed E-state index contributed by atoms with van der Waals surface area (Å²) in [5, 5.41) is 13.4. The lowest BCUT2D eigenvalue weighted by molar-refractivity contribution is 0.276. The van der Waals surface area contributed by atoms with Crippen molar-refractivity contribution in [3.63, 3.8) is 0 Å². The molecule has 2 N–H and O–H groups in total. The van der Waals surface area contributed by atoms with E-state index in [1.165, 1.54) is 0 Å². The van der Waals surface area contributed by atoms with Crippen molar-refractivity contribution < 1.29 is 9.84 Å². The van der Waals surface area contributed by atoms with Gasteiger partial charge in [-0.3, -0.25) is 0 Å². The van der Waals surface area contributed by atoms with Crippen molar-refractivity contribution in [1.82, 2.24) is 5.32 Å². The minimum atomic E-state index is -0.0522. The molecule has 0 spiro atoms. The Bertz CT molecular complexity index is 599. The number of aliphatic hydroxyl groups excluding tert-OH is 1. The topological polar surface area (TPSA) is 41.5 Å². The third kappa shape index (κ3) is 4.46. The highest BCUT2D eigenvalue weighted by Crippen LogP contribution is 2.30. The summed E-state index contributed by atoms with van der Waals surface area (Å²) in [5.41, 5.74) is 1.75. The van der Waals surface area contributed by atoms with Gasteiger partial charge < -0.3 is 15.2 Å². The predicted octanol–water partition coefficient (Wildman–Crippen LogP) is 4.12. The SMILES string of the molecule is CC(C)NCc1cc(Cl)ccc1Oc1ccccc1CO. The first-order chi connectivity index (χ1) is 10.1. The zero-order chi connectivity index (χ0) is 15.2. The van der Waals surface area contributed by atoms with Crippen LogP contribution < -0.4 is 10.1 Å². The molecule has 0 aliphatic rings. The summed E-state index contributed by atoms with van der Waals surface area (Å²) in [6.07, 6.45) is 0. The monoisotopic (exact) mass is 305 g/mol. The second-order valence-electron chi connectivity index (χ2n) is 5.16. The van der Waals surface area contributed by atoms with Crippen LogP contribution in [-0.4, -0.2) is 11.1 Å². The van der Waals surface area contributed by atoms with Gasteiger partial charge in [-0.2, -0.15) is 0 Å². The number of hydrogen-bond donors (Lipinski definition) is 2. The zero-order valence-electron chi connectivity index (χ0n) is 12.3. The zero-order valence-corrected chi connectivity index (χ0v) is 13.0. The first-order valence-corrected chi connectivity index (χ1v) is 7.36. The number of hydrogen-bond acceptors (Lipinski definition) is 3. The average Bonchev–Trinajstić information content (AvgIpc) is 2.48. The van der Waals surface area contributed by atoms with Crippen molar-refractivity contribution in [3.05, 3.63) is 58.6 Å². The van der Waals surface area contributed by atoms with Gasteiger partial charge in [0.25, 0.3) is 0 Å². The Morgan fingerprint density at radius 2 is 1.81 bits per heavy atom. The van der Waals surface area contributed by atoms with Crippen LogP contribution >= 0.6 is 11.6 Å². The van der Waals surface area contributed by atoms with Crippen molar-refractivity contribution in [3.8, 4) is 11.5 Å². The van der Waals surface area contributed by atoms with Crippen LogP contribution in [0.2, 0.25) is 5.02 Å². The van der Waals surface area contributed by atoms with Crippen LogP contribution in [-0.2, 0) is 13.2 Å². The van der Waals surface area contributed by atoms with Crippen LogP contribution in [0.3, 0.4) is 0 Å². The van der Waals surface area contributed by atoms with Crippen LogP contribution in [0, 0.1) is 0 Å². The molecule has 0 saturated carbocycles. The van der Waals surface area contributed by atoms with E-state index in [4.69, 9.17) is 16.3 Å². The van der Waals surface area contributed by atoms with Crippen LogP contribution in [0.5, 0.6) is 11.5 Å². The highest BCUT2D eigenvalue weighted by Gasteiger charge is 2.09.